The van der Waals surface area contributed by atoms with E-state index in [2.05, 4.69) is 17.1 Å². The predicted molar refractivity (Wildman–Crippen MR) is 72.2 cm³/mol. The molecule has 3 aliphatic rings. The van der Waals surface area contributed by atoms with Gasteiger partial charge in [-0.1, -0.05) is 25.7 Å². The van der Waals surface area contributed by atoms with Crippen LogP contribution in [0.15, 0.2) is 0 Å². The average Bonchev–Trinajstić information content (AvgIpc) is 2.96. The lowest BCUT2D eigenvalue weighted by molar-refractivity contribution is 0.0332. The van der Waals surface area contributed by atoms with E-state index in [1.54, 1.807) is 0 Å². The van der Waals surface area contributed by atoms with Gasteiger partial charge >= 0.3 is 0 Å². The third-order valence-corrected chi connectivity index (χ3v) is 5.43. The molecule has 2 saturated carbocycles. The number of hydrogen-bond donors (Lipinski definition) is 1. The van der Waals surface area contributed by atoms with Gasteiger partial charge in [-0.3, -0.25) is 4.90 Å². The van der Waals surface area contributed by atoms with E-state index in [0.29, 0.717) is 11.6 Å². The first-order valence-electron chi connectivity index (χ1n) is 7.77. The molecule has 1 aliphatic heterocycles. The normalized spacial score (nSPS) is 34.8. The topological polar surface area (TPSA) is 15.3 Å². The molecule has 3 rings (SSSR count). The van der Waals surface area contributed by atoms with Crippen molar-refractivity contribution < 1.29 is 0 Å². The Morgan fingerprint density at radius 3 is 2.53 bits per heavy atom. The maximum atomic E-state index is 3.73. The van der Waals surface area contributed by atoms with Crippen LogP contribution in [0.1, 0.15) is 58.3 Å². The molecule has 0 bridgehead atoms. The second kappa shape index (κ2) is 4.89. The molecule has 1 spiro atoms. The Labute approximate surface area is 106 Å². The summed E-state index contributed by atoms with van der Waals surface area (Å²) < 4.78 is 0. The largest absolute Gasteiger partial charge is 0.311 e. The van der Waals surface area contributed by atoms with Gasteiger partial charge in [0, 0.05) is 31.2 Å². The van der Waals surface area contributed by atoms with Crippen molar-refractivity contribution in [3.8, 4) is 0 Å². The molecule has 1 atom stereocenters. The minimum Gasteiger partial charge on any atom is -0.311 e. The lowest BCUT2D eigenvalue weighted by atomic mass is 9.89. The van der Waals surface area contributed by atoms with Gasteiger partial charge in [0.2, 0.25) is 0 Å². The highest BCUT2D eigenvalue weighted by molar-refractivity contribution is 5.01. The third kappa shape index (κ3) is 2.39. The molecule has 2 heteroatoms. The molecule has 0 aromatic heterocycles. The summed E-state index contributed by atoms with van der Waals surface area (Å²) in [7, 11) is 0. The molecule has 1 unspecified atom stereocenters. The van der Waals surface area contributed by atoms with Crippen LogP contribution in [0.2, 0.25) is 0 Å². The van der Waals surface area contributed by atoms with Gasteiger partial charge in [-0.05, 0) is 38.5 Å². The number of nitrogens with one attached hydrogen (secondary N) is 1. The van der Waals surface area contributed by atoms with Crippen molar-refractivity contribution in [2.45, 2.75) is 69.9 Å². The van der Waals surface area contributed by atoms with E-state index < -0.39 is 0 Å². The zero-order chi connectivity index (χ0) is 11.7. The van der Waals surface area contributed by atoms with E-state index in [4.69, 9.17) is 0 Å². The summed E-state index contributed by atoms with van der Waals surface area (Å²) in [6.07, 6.45) is 11.8. The lowest BCUT2D eigenvalue weighted by Gasteiger charge is -2.48. The van der Waals surface area contributed by atoms with Crippen LogP contribution in [0.3, 0.4) is 0 Å². The van der Waals surface area contributed by atoms with Gasteiger partial charge in [-0.15, -0.1) is 0 Å². The van der Waals surface area contributed by atoms with Crippen molar-refractivity contribution in [3.63, 3.8) is 0 Å². The maximum Gasteiger partial charge on any atom is 0.0334 e. The summed E-state index contributed by atoms with van der Waals surface area (Å²) in [4.78, 5) is 2.89. The van der Waals surface area contributed by atoms with E-state index in [1.165, 1.54) is 71.0 Å². The quantitative estimate of drug-likeness (QED) is 0.793. The standard InChI is InChI=1S/C15H28N2/c1-13-10-17(11-14-6-2-3-7-14)15(12-16-13)8-4-5-9-15/h13-14,16H,2-12H2,1H3. The first-order chi connectivity index (χ1) is 8.28. The highest BCUT2D eigenvalue weighted by atomic mass is 15.3. The molecule has 1 N–H and O–H groups in total. The molecule has 0 amide bonds. The summed E-state index contributed by atoms with van der Waals surface area (Å²) in [5, 5.41) is 3.73. The molecule has 98 valence electrons. The van der Waals surface area contributed by atoms with Crippen LogP contribution in [0, 0.1) is 5.92 Å². The van der Waals surface area contributed by atoms with Crippen molar-refractivity contribution in [3.05, 3.63) is 0 Å². The van der Waals surface area contributed by atoms with Gasteiger partial charge in [0.15, 0.2) is 0 Å². The molecule has 17 heavy (non-hydrogen) atoms. The summed E-state index contributed by atoms with van der Waals surface area (Å²) in [5.41, 5.74) is 0.551. The second-order valence-corrected chi connectivity index (χ2v) is 6.77. The fourth-order valence-corrected chi connectivity index (χ4v) is 4.36. The van der Waals surface area contributed by atoms with E-state index in [1.807, 2.05) is 0 Å². The minimum absolute atomic E-state index is 0.551. The van der Waals surface area contributed by atoms with Crippen LogP contribution in [0.4, 0.5) is 0 Å². The molecular weight excluding hydrogens is 208 g/mol. The molecule has 2 aliphatic carbocycles. The number of nitrogens with zero attached hydrogens (tertiary/aromatic N) is 1. The molecule has 2 nitrogen and oxygen atoms in total. The first kappa shape index (κ1) is 12.0. The molecule has 0 aromatic rings. The van der Waals surface area contributed by atoms with Crippen molar-refractivity contribution in [2.75, 3.05) is 19.6 Å². The third-order valence-electron chi connectivity index (χ3n) is 5.43. The van der Waals surface area contributed by atoms with E-state index in [-0.39, 0.29) is 0 Å². The average molecular weight is 236 g/mol. The van der Waals surface area contributed by atoms with E-state index >= 15 is 0 Å². The second-order valence-electron chi connectivity index (χ2n) is 6.77. The molecule has 1 saturated heterocycles. The predicted octanol–water partition coefficient (Wildman–Crippen LogP) is 2.78. The van der Waals surface area contributed by atoms with E-state index in [9.17, 15) is 0 Å². The smallest absolute Gasteiger partial charge is 0.0334 e. The van der Waals surface area contributed by atoms with Crippen molar-refractivity contribution in [2.24, 2.45) is 5.92 Å². The Kier molecular flexibility index (Phi) is 3.45. The van der Waals surface area contributed by atoms with Gasteiger partial charge in [-0.2, -0.15) is 0 Å². The maximum absolute atomic E-state index is 3.73. The Bertz CT molecular complexity index is 252. The van der Waals surface area contributed by atoms with E-state index in [0.717, 1.165) is 5.92 Å². The summed E-state index contributed by atoms with van der Waals surface area (Å²) in [5.74, 6) is 1.01. The zero-order valence-corrected chi connectivity index (χ0v) is 11.4. The summed E-state index contributed by atoms with van der Waals surface area (Å²) in [6, 6.07) is 0.697. The SMILES string of the molecule is CC1CN(CC2CCCC2)C2(CCCC2)CN1. The van der Waals surface area contributed by atoms with Crippen LogP contribution < -0.4 is 5.32 Å². The fraction of sp³-hybridized carbons (Fsp3) is 1.00. The highest BCUT2D eigenvalue weighted by Crippen LogP contribution is 2.38. The van der Waals surface area contributed by atoms with Crippen molar-refractivity contribution in [1.82, 2.24) is 10.2 Å². The van der Waals surface area contributed by atoms with Gasteiger partial charge < -0.3 is 5.32 Å². The molecular formula is C15H28N2. The van der Waals surface area contributed by atoms with Crippen molar-refractivity contribution >= 4 is 0 Å². The number of piperazine rings is 1. The number of rotatable bonds is 2. The summed E-state index contributed by atoms with van der Waals surface area (Å²) >= 11 is 0. The van der Waals surface area contributed by atoms with Crippen LogP contribution in [-0.4, -0.2) is 36.1 Å². The molecule has 1 heterocycles. The first-order valence-corrected chi connectivity index (χ1v) is 7.77. The van der Waals surface area contributed by atoms with Gasteiger partial charge in [0.25, 0.3) is 0 Å². The van der Waals surface area contributed by atoms with Gasteiger partial charge in [-0.25, -0.2) is 0 Å². The molecule has 3 fully saturated rings. The van der Waals surface area contributed by atoms with Crippen LogP contribution >= 0.6 is 0 Å². The Morgan fingerprint density at radius 1 is 1.12 bits per heavy atom. The number of hydrogen-bond acceptors (Lipinski definition) is 2. The Morgan fingerprint density at radius 2 is 1.82 bits per heavy atom. The van der Waals surface area contributed by atoms with Crippen LogP contribution in [0.25, 0.3) is 0 Å². The fourth-order valence-electron chi connectivity index (χ4n) is 4.36. The van der Waals surface area contributed by atoms with Crippen LogP contribution in [-0.2, 0) is 0 Å². The van der Waals surface area contributed by atoms with Gasteiger partial charge in [0.05, 0.1) is 0 Å². The lowest BCUT2D eigenvalue weighted by Crippen LogP contribution is -2.63. The minimum atomic E-state index is 0.551. The summed E-state index contributed by atoms with van der Waals surface area (Å²) in [6.45, 7) is 6.28. The monoisotopic (exact) mass is 236 g/mol. The Balaban J connectivity index is 1.68. The highest BCUT2D eigenvalue weighted by Gasteiger charge is 2.43. The molecule has 0 aromatic carbocycles. The Hall–Kier alpha value is -0.0800. The van der Waals surface area contributed by atoms with Crippen molar-refractivity contribution in [1.29, 1.82) is 0 Å². The zero-order valence-electron chi connectivity index (χ0n) is 11.4. The van der Waals surface area contributed by atoms with Crippen LogP contribution in [0.5, 0.6) is 0 Å². The molecule has 0 radical (unpaired) electrons. The van der Waals surface area contributed by atoms with Gasteiger partial charge in [0.1, 0.15) is 0 Å².